The summed E-state index contributed by atoms with van der Waals surface area (Å²) in [5, 5.41) is 2.71. The number of benzene rings is 3. The van der Waals surface area contributed by atoms with Gasteiger partial charge in [0.15, 0.2) is 0 Å². The molecule has 1 saturated heterocycles. The van der Waals surface area contributed by atoms with Crippen LogP contribution in [-0.2, 0) is 0 Å². The predicted molar refractivity (Wildman–Crippen MR) is 155 cm³/mol. The molecule has 1 fully saturated rings. The summed E-state index contributed by atoms with van der Waals surface area (Å²) in [7, 11) is 2.24. The molecular weight excluding hydrogens is 456 g/mol. The average Bonchev–Trinajstić information content (AvgIpc) is 3.15. The van der Waals surface area contributed by atoms with Crippen molar-refractivity contribution in [2.24, 2.45) is 5.92 Å². The molecule has 3 aromatic carbocycles. The first kappa shape index (κ1) is 25.1. The summed E-state index contributed by atoms with van der Waals surface area (Å²) in [6, 6.07) is 30.7. The lowest BCUT2D eigenvalue weighted by atomic mass is 9.88. The van der Waals surface area contributed by atoms with Gasteiger partial charge >= 0.3 is 0 Å². The van der Waals surface area contributed by atoms with Gasteiger partial charge < -0.3 is 4.90 Å². The molecule has 0 N–H and O–H groups in total. The van der Waals surface area contributed by atoms with Gasteiger partial charge in [0.2, 0.25) is 0 Å². The Balaban J connectivity index is 1.26. The molecule has 0 saturated carbocycles. The van der Waals surface area contributed by atoms with E-state index in [9.17, 15) is 0 Å². The van der Waals surface area contributed by atoms with Crippen molar-refractivity contribution in [1.29, 1.82) is 0 Å². The zero-order chi connectivity index (χ0) is 24.6. The smallest absolute Gasteiger partial charge is 0.0230 e. The molecule has 36 heavy (non-hydrogen) atoms. The van der Waals surface area contributed by atoms with Crippen molar-refractivity contribution in [3.63, 3.8) is 0 Å². The monoisotopic (exact) mass is 494 g/mol. The van der Waals surface area contributed by atoms with E-state index in [1.807, 2.05) is 11.9 Å². The minimum Gasteiger partial charge on any atom is -0.303 e. The van der Waals surface area contributed by atoms with Crippen molar-refractivity contribution in [3.05, 3.63) is 113 Å². The highest BCUT2D eigenvalue weighted by atomic mass is 32.2. The first-order valence-electron chi connectivity index (χ1n) is 13.4. The van der Waals surface area contributed by atoms with Gasteiger partial charge in [-0.2, -0.15) is 0 Å². The molecule has 1 aliphatic carbocycles. The van der Waals surface area contributed by atoms with E-state index < -0.39 is 0 Å². The van der Waals surface area contributed by atoms with E-state index in [1.54, 1.807) is 0 Å². The molecule has 186 valence electrons. The van der Waals surface area contributed by atoms with Gasteiger partial charge in [-0.05, 0) is 110 Å². The van der Waals surface area contributed by atoms with Crippen molar-refractivity contribution in [2.75, 3.05) is 33.2 Å². The number of piperidine rings is 1. The van der Waals surface area contributed by atoms with Crippen molar-refractivity contribution in [3.8, 4) is 0 Å². The summed E-state index contributed by atoms with van der Waals surface area (Å²) in [6.45, 7) is 4.64. The van der Waals surface area contributed by atoms with Crippen LogP contribution < -0.4 is 10.4 Å². The number of rotatable bonds is 9. The van der Waals surface area contributed by atoms with E-state index in [1.165, 1.54) is 65.4 Å². The van der Waals surface area contributed by atoms with Crippen molar-refractivity contribution in [2.45, 2.75) is 36.5 Å². The molecule has 5 rings (SSSR count). The largest absolute Gasteiger partial charge is 0.303 e. The quantitative estimate of drug-likeness (QED) is 0.332. The molecule has 0 radical (unpaired) electrons. The van der Waals surface area contributed by atoms with Crippen LogP contribution in [0.15, 0.2) is 101 Å². The van der Waals surface area contributed by atoms with E-state index in [0.717, 1.165) is 18.9 Å². The number of nitrogens with zero attached hydrogens (tertiary/aromatic N) is 2. The summed E-state index contributed by atoms with van der Waals surface area (Å²) >= 11 is 1.86. The van der Waals surface area contributed by atoms with Crippen LogP contribution in [0.5, 0.6) is 0 Å². The number of allylic oxidation sites excluding steroid dienone is 1. The Labute approximate surface area is 221 Å². The van der Waals surface area contributed by atoms with Crippen LogP contribution in [0.25, 0.3) is 12.2 Å². The minimum absolute atomic E-state index is 0.512. The standard InChI is InChI=1S/C33H38N2S/c1-34(36-33-17-6-3-7-18-33)26-32(31-16-10-15-28-13-8-9-14-30(28)25-31)21-24-35-22-19-29(20-23-35)27-11-4-2-5-12-27/h2-9,11-18,25,29,32H,10,19-24,26H2,1H3. The van der Waals surface area contributed by atoms with Crippen LogP contribution in [0, 0.1) is 5.92 Å². The molecule has 0 amide bonds. The first-order chi connectivity index (χ1) is 17.7. The Hall–Kier alpha value is -2.59. The Kier molecular flexibility index (Phi) is 8.76. The molecule has 2 nitrogen and oxygen atoms in total. The van der Waals surface area contributed by atoms with Crippen LogP contribution in [0.3, 0.4) is 0 Å². The van der Waals surface area contributed by atoms with Gasteiger partial charge in [-0.25, -0.2) is 4.31 Å². The highest BCUT2D eigenvalue weighted by Gasteiger charge is 2.23. The van der Waals surface area contributed by atoms with E-state index in [-0.39, 0.29) is 0 Å². The van der Waals surface area contributed by atoms with Gasteiger partial charge in [0.25, 0.3) is 0 Å². The van der Waals surface area contributed by atoms with Gasteiger partial charge in [-0.15, -0.1) is 0 Å². The lowest BCUT2D eigenvalue weighted by Gasteiger charge is -2.34. The third-order valence-electron chi connectivity index (χ3n) is 7.62. The fourth-order valence-corrected chi connectivity index (χ4v) is 6.49. The molecule has 3 aromatic rings. The van der Waals surface area contributed by atoms with Gasteiger partial charge in [0.05, 0.1) is 0 Å². The maximum absolute atomic E-state index is 2.70. The zero-order valence-electron chi connectivity index (χ0n) is 21.4. The third-order valence-corrected chi connectivity index (χ3v) is 8.56. The summed E-state index contributed by atoms with van der Waals surface area (Å²) in [6.07, 6.45) is 12.0. The first-order valence-corrected chi connectivity index (χ1v) is 14.2. The second kappa shape index (κ2) is 12.6. The van der Waals surface area contributed by atoms with Gasteiger partial charge in [-0.3, -0.25) is 0 Å². The topological polar surface area (TPSA) is 6.48 Å². The maximum atomic E-state index is 2.70. The van der Waals surface area contributed by atoms with Crippen LogP contribution >= 0.6 is 11.9 Å². The Morgan fingerprint density at radius 1 is 0.833 bits per heavy atom. The molecular formula is C33H38N2S. The van der Waals surface area contributed by atoms with E-state index in [0.29, 0.717) is 5.92 Å². The molecule has 0 aromatic heterocycles. The molecule has 1 atom stereocenters. The summed E-state index contributed by atoms with van der Waals surface area (Å²) in [5.74, 6) is 1.23. The summed E-state index contributed by atoms with van der Waals surface area (Å²) in [4.78, 5) is 4.01. The molecule has 2 aliphatic rings. The van der Waals surface area contributed by atoms with E-state index in [2.05, 4.69) is 119 Å². The number of fused-ring (bicyclic) bond motifs is 1. The van der Waals surface area contributed by atoms with Crippen molar-refractivity contribution < 1.29 is 0 Å². The lowest BCUT2D eigenvalue weighted by Crippen LogP contribution is -2.35. The highest BCUT2D eigenvalue weighted by molar-refractivity contribution is 7.97. The molecule has 0 spiro atoms. The molecule has 3 heteroatoms. The SMILES string of the molecule is CN(CC(CCN1CCC(c2ccccc2)CC1)C1=CCC=c2ccccc2=C1)Sc1ccccc1. The molecule has 1 unspecified atom stereocenters. The van der Waals surface area contributed by atoms with Gasteiger partial charge in [0, 0.05) is 11.4 Å². The lowest BCUT2D eigenvalue weighted by molar-refractivity contribution is 0.200. The van der Waals surface area contributed by atoms with Gasteiger partial charge in [0.1, 0.15) is 0 Å². The molecule has 1 heterocycles. The second-order valence-electron chi connectivity index (χ2n) is 10.1. The fraction of sp³-hybridized carbons (Fsp3) is 0.333. The second-order valence-corrected chi connectivity index (χ2v) is 11.4. The van der Waals surface area contributed by atoms with Crippen LogP contribution in [-0.4, -0.2) is 42.4 Å². The number of likely N-dealkylation sites (tertiary alicyclic amines) is 1. The normalized spacial score (nSPS) is 17.4. The summed E-state index contributed by atoms with van der Waals surface area (Å²) < 4.78 is 2.43. The van der Waals surface area contributed by atoms with Crippen molar-refractivity contribution in [1.82, 2.24) is 9.21 Å². The Bertz CT molecular complexity index is 1240. The van der Waals surface area contributed by atoms with Crippen molar-refractivity contribution >= 4 is 24.1 Å². The van der Waals surface area contributed by atoms with E-state index in [4.69, 9.17) is 0 Å². The molecule has 0 bridgehead atoms. The maximum Gasteiger partial charge on any atom is 0.0230 e. The highest BCUT2D eigenvalue weighted by Crippen LogP contribution is 2.30. The number of hydrogen-bond donors (Lipinski definition) is 0. The van der Waals surface area contributed by atoms with Crippen LogP contribution in [0.2, 0.25) is 0 Å². The van der Waals surface area contributed by atoms with Crippen LogP contribution in [0.1, 0.15) is 37.2 Å². The van der Waals surface area contributed by atoms with E-state index >= 15 is 0 Å². The Morgan fingerprint density at radius 2 is 1.50 bits per heavy atom. The van der Waals surface area contributed by atoms with Crippen LogP contribution in [0.4, 0.5) is 0 Å². The predicted octanol–water partition coefficient (Wildman–Crippen LogP) is 6.10. The average molecular weight is 495 g/mol. The minimum atomic E-state index is 0.512. The number of hydrogen-bond acceptors (Lipinski definition) is 3. The summed E-state index contributed by atoms with van der Waals surface area (Å²) in [5.41, 5.74) is 3.01. The third kappa shape index (κ3) is 6.79. The fourth-order valence-electron chi connectivity index (χ4n) is 5.60. The Morgan fingerprint density at radius 3 is 2.25 bits per heavy atom. The molecule has 1 aliphatic heterocycles. The zero-order valence-corrected chi connectivity index (χ0v) is 22.2. The van der Waals surface area contributed by atoms with Gasteiger partial charge in [-0.1, -0.05) is 91.0 Å².